The number of nitrogens with one attached hydrogen (secondary N) is 2. The van der Waals surface area contributed by atoms with Crippen LogP contribution in [0.4, 0.5) is 0 Å². The highest BCUT2D eigenvalue weighted by molar-refractivity contribution is 14.0. The van der Waals surface area contributed by atoms with Gasteiger partial charge < -0.3 is 15.5 Å². The van der Waals surface area contributed by atoms with Crippen molar-refractivity contribution in [2.45, 2.75) is 19.3 Å². The summed E-state index contributed by atoms with van der Waals surface area (Å²) in [5.74, 6) is 1.12. The van der Waals surface area contributed by atoms with Crippen molar-refractivity contribution in [2.75, 3.05) is 33.7 Å². The molecule has 5 nitrogen and oxygen atoms in total. The van der Waals surface area contributed by atoms with Gasteiger partial charge >= 0.3 is 0 Å². The van der Waals surface area contributed by atoms with Crippen LogP contribution < -0.4 is 10.6 Å². The van der Waals surface area contributed by atoms with E-state index in [1.807, 2.05) is 7.05 Å². The third kappa shape index (κ3) is 3.02. The second-order valence-electron chi connectivity index (χ2n) is 4.78. The molecule has 0 radical (unpaired) electrons. The number of carbonyl (C=O) groups is 1. The number of aliphatic imine (C=N–C) groups is 1. The minimum absolute atomic E-state index is 0. The number of hydrogen-bond donors (Lipinski definition) is 2. The fraction of sp³-hybridized carbons (Fsp3) is 0.818. The molecule has 2 rings (SSSR count). The average molecular weight is 352 g/mol. The average Bonchev–Trinajstić information content (AvgIpc) is 2.62. The Bertz CT molecular complexity index is 321. The normalized spacial score (nSPS) is 28.9. The summed E-state index contributed by atoms with van der Waals surface area (Å²) in [7, 11) is 3.69. The quantitative estimate of drug-likeness (QED) is 0.377. The van der Waals surface area contributed by atoms with E-state index in [1.54, 1.807) is 7.05 Å². The molecular weight excluding hydrogens is 331 g/mol. The second-order valence-corrected chi connectivity index (χ2v) is 4.78. The number of guanidine groups is 1. The van der Waals surface area contributed by atoms with E-state index in [-0.39, 0.29) is 35.3 Å². The van der Waals surface area contributed by atoms with Crippen molar-refractivity contribution in [1.82, 2.24) is 15.5 Å². The van der Waals surface area contributed by atoms with Gasteiger partial charge in [-0.05, 0) is 12.8 Å². The van der Waals surface area contributed by atoms with Crippen LogP contribution in [0, 0.1) is 5.41 Å². The highest BCUT2D eigenvalue weighted by atomic mass is 127. The molecule has 2 heterocycles. The summed E-state index contributed by atoms with van der Waals surface area (Å²) in [5.41, 5.74) is 0.141. The number of piperidine rings is 1. The summed E-state index contributed by atoms with van der Waals surface area (Å²) < 4.78 is 0. The first-order valence-corrected chi connectivity index (χ1v) is 5.85. The van der Waals surface area contributed by atoms with Gasteiger partial charge in [0.05, 0.1) is 0 Å². The van der Waals surface area contributed by atoms with Crippen LogP contribution in [-0.4, -0.2) is 50.5 Å². The fourth-order valence-electron chi connectivity index (χ4n) is 2.84. The van der Waals surface area contributed by atoms with Crippen LogP contribution in [0.1, 0.15) is 19.3 Å². The molecule has 0 aromatic heterocycles. The number of likely N-dealkylation sites (tertiary alicyclic amines) is 1. The van der Waals surface area contributed by atoms with Crippen molar-refractivity contribution in [3.05, 3.63) is 0 Å². The Morgan fingerprint density at radius 3 is 2.88 bits per heavy atom. The van der Waals surface area contributed by atoms with Crippen molar-refractivity contribution in [2.24, 2.45) is 10.4 Å². The summed E-state index contributed by atoms with van der Waals surface area (Å²) >= 11 is 0. The van der Waals surface area contributed by atoms with Crippen LogP contribution in [0.2, 0.25) is 0 Å². The van der Waals surface area contributed by atoms with E-state index in [2.05, 4.69) is 20.5 Å². The van der Waals surface area contributed by atoms with Gasteiger partial charge in [0.15, 0.2) is 5.96 Å². The lowest BCUT2D eigenvalue weighted by Gasteiger charge is -2.40. The molecular formula is C11H21IN4O. The molecule has 2 fully saturated rings. The first-order valence-electron chi connectivity index (χ1n) is 5.85. The Morgan fingerprint density at radius 1 is 1.59 bits per heavy atom. The maximum Gasteiger partial charge on any atom is 0.220 e. The van der Waals surface area contributed by atoms with Gasteiger partial charge in [-0.15, -0.1) is 24.0 Å². The van der Waals surface area contributed by atoms with E-state index in [4.69, 9.17) is 0 Å². The number of amides is 1. The van der Waals surface area contributed by atoms with Gasteiger partial charge in [-0.25, -0.2) is 0 Å². The largest absolute Gasteiger partial charge is 0.359 e. The second kappa shape index (κ2) is 5.88. The van der Waals surface area contributed by atoms with Crippen LogP contribution in [0.5, 0.6) is 0 Å². The van der Waals surface area contributed by atoms with Gasteiger partial charge in [0.1, 0.15) is 0 Å². The van der Waals surface area contributed by atoms with E-state index >= 15 is 0 Å². The molecule has 0 aromatic rings. The molecule has 1 amide bonds. The Labute approximate surface area is 119 Å². The van der Waals surface area contributed by atoms with E-state index in [0.717, 1.165) is 38.4 Å². The Morgan fingerprint density at radius 2 is 2.35 bits per heavy atom. The summed E-state index contributed by atoms with van der Waals surface area (Å²) in [6.45, 7) is 2.78. The smallest absolute Gasteiger partial charge is 0.220 e. The summed E-state index contributed by atoms with van der Waals surface area (Å²) in [4.78, 5) is 17.8. The molecule has 1 atom stereocenters. The lowest BCUT2D eigenvalue weighted by molar-refractivity contribution is -0.119. The fourth-order valence-corrected chi connectivity index (χ4v) is 2.84. The van der Waals surface area contributed by atoms with Crippen molar-refractivity contribution < 1.29 is 4.79 Å². The maximum atomic E-state index is 11.4. The molecule has 2 saturated heterocycles. The first kappa shape index (κ1) is 14.5. The zero-order chi connectivity index (χ0) is 11.6. The topological polar surface area (TPSA) is 56.7 Å². The molecule has 1 spiro atoms. The summed E-state index contributed by atoms with van der Waals surface area (Å²) in [5, 5.41) is 6.06. The molecule has 1 unspecified atom stereocenters. The first-order chi connectivity index (χ1) is 7.69. The van der Waals surface area contributed by atoms with Crippen molar-refractivity contribution >= 4 is 35.8 Å². The Balaban J connectivity index is 0.00000144. The van der Waals surface area contributed by atoms with Crippen LogP contribution in [-0.2, 0) is 4.79 Å². The van der Waals surface area contributed by atoms with Crippen LogP contribution in [0.15, 0.2) is 4.99 Å². The van der Waals surface area contributed by atoms with Crippen molar-refractivity contribution in [3.63, 3.8) is 0 Å². The molecule has 2 N–H and O–H groups in total. The summed E-state index contributed by atoms with van der Waals surface area (Å²) in [6.07, 6.45) is 2.95. The van der Waals surface area contributed by atoms with E-state index in [0.29, 0.717) is 6.42 Å². The minimum atomic E-state index is 0. The van der Waals surface area contributed by atoms with Crippen LogP contribution in [0.3, 0.4) is 0 Å². The van der Waals surface area contributed by atoms with Gasteiger partial charge in [0.2, 0.25) is 5.91 Å². The molecule has 0 aromatic carbocycles. The number of nitrogens with zero attached hydrogens (tertiary/aromatic N) is 2. The molecule has 2 aliphatic rings. The zero-order valence-corrected chi connectivity index (χ0v) is 12.8. The van der Waals surface area contributed by atoms with E-state index in [1.165, 1.54) is 0 Å². The monoisotopic (exact) mass is 352 g/mol. The predicted molar refractivity (Wildman–Crippen MR) is 78.7 cm³/mol. The number of carbonyl (C=O) groups excluding carboxylic acids is 1. The van der Waals surface area contributed by atoms with Gasteiger partial charge in [0, 0.05) is 45.6 Å². The van der Waals surface area contributed by atoms with E-state index in [9.17, 15) is 4.79 Å². The lowest BCUT2D eigenvalue weighted by Crippen LogP contribution is -2.50. The Kier molecular flexibility index (Phi) is 5.03. The molecule has 98 valence electrons. The van der Waals surface area contributed by atoms with E-state index < -0.39 is 0 Å². The number of halogens is 1. The van der Waals surface area contributed by atoms with Gasteiger partial charge in [-0.1, -0.05) is 0 Å². The number of hydrogen-bond acceptors (Lipinski definition) is 2. The predicted octanol–water partition coefficient (Wildman–Crippen LogP) is 0.412. The minimum Gasteiger partial charge on any atom is -0.359 e. The third-order valence-corrected chi connectivity index (χ3v) is 3.59. The highest BCUT2D eigenvalue weighted by Crippen LogP contribution is 2.35. The van der Waals surface area contributed by atoms with Crippen LogP contribution >= 0.6 is 24.0 Å². The third-order valence-electron chi connectivity index (χ3n) is 3.59. The molecule has 0 aliphatic carbocycles. The van der Waals surface area contributed by atoms with Crippen molar-refractivity contribution in [1.29, 1.82) is 0 Å². The summed E-state index contributed by atoms with van der Waals surface area (Å²) in [6, 6.07) is 0. The lowest BCUT2D eigenvalue weighted by atomic mass is 9.79. The van der Waals surface area contributed by atoms with Crippen molar-refractivity contribution in [3.8, 4) is 0 Å². The molecule has 0 bridgehead atoms. The Hall–Kier alpha value is -0.530. The van der Waals surface area contributed by atoms with Gasteiger partial charge in [-0.3, -0.25) is 9.79 Å². The molecule has 2 aliphatic heterocycles. The van der Waals surface area contributed by atoms with Crippen LogP contribution in [0.25, 0.3) is 0 Å². The zero-order valence-electron chi connectivity index (χ0n) is 10.5. The molecule has 0 saturated carbocycles. The maximum absolute atomic E-state index is 11.4. The molecule has 17 heavy (non-hydrogen) atoms. The highest BCUT2D eigenvalue weighted by Gasteiger charge is 2.42. The van der Waals surface area contributed by atoms with Gasteiger partial charge in [0.25, 0.3) is 0 Å². The van der Waals surface area contributed by atoms with Gasteiger partial charge in [-0.2, -0.15) is 0 Å². The molecule has 6 heteroatoms. The number of rotatable bonds is 0. The SMILES string of the molecule is CN=C(NC)N1CCCC2(CNC(=O)C2)C1.I. The standard InChI is InChI=1S/C11H20N4O.HI/c1-12-10(13-2)15-5-3-4-11(8-15)6-9(16)14-7-11;/h3-8H2,1-2H3,(H,12,13)(H,14,16);1H.